The van der Waals surface area contributed by atoms with E-state index in [1.165, 1.54) is 18.4 Å². The highest BCUT2D eigenvalue weighted by atomic mass is 15.2. The molecule has 1 aliphatic rings. The van der Waals surface area contributed by atoms with Crippen LogP contribution in [0.2, 0.25) is 0 Å². The Morgan fingerprint density at radius 3 is 2.63 bits per heavy atom. The van der Waals surface area contributed by atoms with Crippen LogP contribution in [-0.4, -0.2) is 34.2 Å². The Bertz CT molecular complexity index is 472. The van der Waals surface area contributed by atoms with Gasteiger partial charge in [-0.1, -0.05) is 30.3 Å². The molecule has 19 heavy (non-hydrogen) atoms. The molecule has 0 saturated carbocycles. The molecule has 0 bridgehead atoms. The number of hydrogen-bond acceptors (Lipinski definition) is 3. The highest BCUT2D eigenvalue weighted by molar-refractivity contribution is 5.33. The van der Waals surface area contributed by atoms with Crippen LogP contribution in [0.15, 0.2) is 42.6 Å². The Morgan fingerprint density at radius 1 is 1.16 bits per heavy atom. The topological polar surface area (TPSA) is 44.0 Å². The third kappa shape index (κ3) is 3.35. The maximum absolute atomic E-state index is 4.15. The minimum atomic E-state index is 0.551. The van der Waals surface area contributed by atoms with E-state index in [0.29, 0.717) is 6.04 Å². The fourth-order valence-electron chi connectivity index (χ4n) is 2.63. The van der Waals surface area contributed by atoms with Gasteiger partial charge in [0.1, 0.15) is 5.82 Å². The van der Waals surface area contributed by atoms with Gasteiger partial charge in [0.2, 0.25) is 0 Å². The van der Waals surface area contributed by atoms with E-state index in [9.17, 15) is 0 Å². The van der Waals surface area contributed by atoms with Gasteiger partial charge in [0.25, 0.3) is 0 Å². The molecule has 2 N–H and O–H groups in total. The number of nitrogens with zero attached hydrogens (tertiary/aromatic N) is 2. The van der Waals surface area contributed by atoms with Crippen molar-refractivity contribution in [2.24, 2.45) is 0 Å². The van der Waals surface area contributed by atoms with E-state index in [-0.39, 0.29) is 0 Å². The van der Waals surface area contributed by atoms with Crippen molar-refractivity contribution in [3.63, 3.8) is 0 Å². The number of likely N-dealkylation sites (tertiary alicyclic amines) is 1. The van der Waals surface area contributed by atoms with Crippen molar-refractivity contribution in [3.8, 4) is 0 Å². The molecule has 1 aromatic heterocycles. The van der Waals surface area contributed by atoms with Gasteiger partial charge >= 0.3 is 0 Å². The zero-order valence-electron chi connectivity index (χ0n) is 11.0. The van der Waals surface area contributed by atoms with Crippen LogP contribution in [0, 0.1) is 0 Å². The van der Waals surface area contributed by atoms with Crippen molar-refractivity contribution < 1.29 is 0 Å². The highest BCUT2D eigenvalue weighted by Crippen LogP contribution is 2.16. The summed E-state index contributed by atoms with van der Waals surface area (Å²) in [4.78, 5) is 2.53. The quantitative estimate of drug-likeness (QED) is 0.883. The minimum absolute atomic E-state index is 0.551. The molecule has 1 aromatic carbocycles. The second kappa shape index (κ2) is 5.89. The molecule has 0 unspecified atom stereocenters. The lowest BCUT2D eigenvalue weighted by Crippen LogP contribution is -2.38. The molecule has 100 valence electrons. The van der Waals surface area contributed by atoms with Gasteiger partial charge in [-0.05, 0) is 24.5 Å². The number of nitrogens with one attached hydrogen (secondary N) is 2. The molecule has 1 fully saturated rings. The van der Waals surface area contributed by atoms with Crippen LogP contribution in [0.5, 0.6) is 0 Å². The van der Waals surface area contributed by atoms with Crippen molar-refractivity contribution in [1.82, 2.24) is 15.1 Å². The summed E-state index contributed by atoms with van der Waals surface area (Å²) < 4.78 is 0. The summed E-state index contributed by atoms with van der Waals surface area (Å²) in [6.07, 6.45) is 4.21. The molecule has 2 heterocycles. The van der Waals surface area contributed by atoms with Crippen LogP contribution in [0.25, 0.3) is 0 Å². The van der Waals surface area contributed by atoms with Crippen molar-refractivity contribution >= 4 is 5.82 Å². The summed E-state index contributed by atoms with van der Waals surface area (Å²) in [5.74, 6) is 0.960. The molecule has 4 heteroatoms. The molecular weight excluding hydrogens is 236 g/mol. The Morgan fingerprint density at radius 2 is 1.95 bits per heavy atom. The monoisotopic (exact) mass is 256 g/mol. The van der Waals surface area contributed by atoms with E-state index in [0.717, 1.165) is 25.5 Å². The van der Waals surface area contributed by atoms with E-state index in [1.807, 2.05) is 12.3 Å². The Kier molecular flexibility index (Phi) is 3.79. The van der Waals surface area contributed by atoms with Crippen LogP contribution < -0.4 is 5.32 Å². The Hall–Kier alpha value is -1.81. The molecule has 1 saturated heterocycles. The van der Waals surface area contributed by atoms with Gasteiger partial charge in [-0.2, -0.15) is 5.10 Å². The van der Waals surface area contributed by atoms with E-state index in [4.69, 9.17) is 0 Å². The smallest absolute Gasteiger partial charge is 0.147 e. The maximum atomic E-state index is 4.15. The first-order valence-electron chi connectivity index (χ1n) is 6.93. The highest BCUT2D eigenvalue weighted by Gasteiger charge is 2.19. The standard InChI is InChI=1S/C15H20N4/c1-2-4-13(5-3-1)12-19-10-7-14(8-11-19)17-15-6-9-16-18-15/h1-6,9,14H,7-8,10-12H2,(H2,16,17,18). The van der Waals surface area contributed by atoms with Crippen molar-refractivity contribution in [2.45, 2.75) is 25.4 Å². The molecule has 2 aromatic rings. The van der Waals surface area contributed by atoms with E-state index < -0.39 is 0 Å². The summed E-state index contributed by atoms with van der Waals surface area (Å²) in [6, 6.07) is 13.2. The average molecular weight is 256 g/mol. The first-order chi connectivity index (χ1) is 9.40. The lowest BCUT2D eigenvalue weighted by atomic mass is 10.0. The first kappa shape index (κ1) is 12.2. The number of rotatable bonds is 4. The largest absolute Gasteiger partial charge is 0.366 e. The lowest BCUT2D eigenvalue weighted by molar-refractivity contribution is 0.211. The molecular formula is C15H20N4. The fraction of sp³-hybridized carbons (Fsp3) is 0.400. The van der Waals surface area contributed by atoms with Gasteiger partial charge in [-0.15, -0.1) is 0 Å². The van der Waals surface area contributed by atoms with Gasteiger partial charge in [-0.25, -0.2) is 0 Å². The normalized spacial score (nSPS) is 17.5. The molecule has 4 nitrogen and oxygen atoms in total. The Balaban J connectivity index is 1.47. The third-order valence-electron chi connectivity index (χ3n) is 3.69. The van der Waals surface area contributed by atoms with Crippen molar-refractivity contribution in [1.29, 1.82) is 0 Å². The third-order valence-corrected chi connectivity index (χ3v) is 3.69. The van der Waals surface area contributed by atoms with Crippen molar-refractivity contribution in [2.75, 3.05) is 18.4 Å². The van der Waals surface area contributed by atoms with Crippen LogP contribution in [0.4, 0.5) is 5.82 Å². The van der Waals surface area contributed by atoms with Crippen LogP contribution >= 0.6 is 0 Å². The number of piperidine rings is 1. The van der Waals surface area contributed by atoms with Crippen LogP contribution in [-0.2, 0) is 6.54 Å². The molecule has 0 spiro atoms. The van der Waals surface area contributed by atoms with Crippen molar-refractivity contribution in [3.05, 3.63) is 48.2 Å². The summed E-state index contributed by atoms with van der Waals surface area (Å²) in [5.41, 5.74) is 1.40. The minimum Gasteiger partial charge on any atom is -0.366 e. The predicted molar refractivity (Wildman–Crippen MR) is 77.0 cm³/mol. The fourth-order valence-corrected chi connectivity index (χ4v) is 2.63. The molecule has 0 amide bonds. The summed E-state index contributed by atoms with van der Waals surface area (Å²) in [7, 11) is 0. The number of hydrogen-bond donors (Lipinski definition) is 2. The summed E-state index contributed by atoms with van der Waals surface area (Å²) in [6.45, 7) is 3.37. The molecule has 1 aliphatic heterocycles. The van der Waals surface area contributed by atoms with E-state index in [1.54, 1.807) is 0 Å². The van der Waals surface area contributed by atoms with Crippen LogP contribution in [0.1, 0.15) is 18.4 Å². The van der Waals surface area contributed by atoms with Gasteiger partial charge in [0.05, 0.1) is 0 Å². The first-order valence-corrected chi connectivity index (χ1v) is 6.93. The number of anilines is 1. The van der Waals surface area contributed by atoms with Crippen LogP contribution in [0.3, 0.4) is 0 Å². The second-order valence-electron chi connectivity index (χ2n) is 5.14. The van der Waals surface area contributed by atoms with E-state index in [2.05, 4.69) is 50.7 Å². The number of aromatic amines is 1. The predicted octanol–water partition coefficient (Wildman–Crippen LogP) is 2.49. The molecule has 3 rings (SSSR count). The molecule has 0 aliphatic carbocycles. The Labute approximate surface area is 113 Å². The number of aromatic nitrogens is 2. The van der Waals surface area contributed by atoms with E-state index >= 15 is 0 Å². The van der Waals surface area contributed by atoms with Gasteiger partial charge in [-0.3, -0.25) is 10.00 Å². The average Bonchev–Trinajstić information content (AvgIpc) is 2.95. The number of H-pyrrole nitrogens is 1. The molecule has 0 radical (unpaired) electrons. The zero-order valence-corrected chi connectivity index (χ0v) is 11.0. The zero-order chi connectivity index (χ0) is 12.9. The van der Waals surface area contributed by atoms with Gasteiger partial charge in [0.15, 0.2) is 0 Å². The summed E-state index contributed by atoms with van der Waals surface area (Å²) >= 11 is 0. The second-order valence-corrected chi connectivity index (χ2v) is 5.14. The number of benzene rings is 1. The maximum Gasteiger partial charge on any atom is 0.147 e. The SMILES string of the molecule is c1ccc(CN2CCC(Nc3cc[nH]n3)CC2)cc1. The molecule has 0 atom stereocenters. The summed E-state index contributed by atoms with van der Waals surface area (Å²) in [5, 5.41) is 10.5. The van der Waals surface area contributed by atoms with Gasteiger partial charge < -0.3 is 5.32 Å². The van der Waals surface area contributed by atoms with Gasteiger partial charge in [0, 0.05) is 31.9 Å². The lowest BCUT2D eigenvalue weighted by Gasteiger charge is -2.32.